The lowest BCUT2D eigenvalue weighted by Gasteiger charge is -2.34. The number of nitriles is 1. The van der Waals surface area contributed by atoms with Gasteiger partial charge in [-0.1, -0.05) is 13.3 Å². The van der Waals surface area contributed by atoms with E-state index in [1.807, 2.05) is 6.07 Å². The van der Waals surface area contributed by atoms with Crippen LogP contribution >= 0.6 is 0 Å². The highest BCUT2D eigenvalue weighted by atomic mass is 16.1. The summed E-state index contributed by atoms with van der Waals surface area (Å²) in [4.78, 5) is 10.9. The monoisotopic (exact) mass is 166 g/mol. The molecule has 0 aromatic heterocycles. The summed E-state index contributed by atoms with van der Waals surface area (Å²) >= 11 is 0. The zero-order chi connectivity index (χ0) is 8.97. The molecule has 0 aliphatic heterocycles. The first-order valence-electron chi connectivity index (χ1n) is 4.42. The van der Waals surface area contributed by atoms with E-state index in [0.29, 0.717) is 6.04 Å². The van der Waals surface area contributed by atoms with Crippen molar-refractivity contribution in [2.24, 2.45) is 5.92 Å². The molecule has 0 saturated heterocycles. The molecule has 1 fully saturated rings. The first-order chi connectivity index (χ1) is 5.76. The van der Waals surface area contributed by atoms with E-state index in [9.17, 15) is 4.79 Å². The van der Waals surface area contributed by atoms with Crippen molar-refractivity contribution >= 4 is 5.91 Å². The summed E-state index contributed by atoms with van der Waals surface area (Å²) in [6.07, 6.45) is 3.37. The van der Waals surface area contributed by atoms with Gasteiger partial charge < -0.3 is 5.32 Å². The van der Waals surface area contributed by atoms with Crippen LogP contribution < -0.4 is 5.32 Å². The normalized spacial score (nSPS) is 27.0. The summed E-state index contributed by atoms with van der Waals surface area (Å²) in [5, 5.41) is 11.0. The van der Waals surface area contributed by atoms with Crippen LogP contribution in [0, 0.1) is 17.2 Å². The average molecular weight is 166 g/mol. The Bertz CT molecular complexity index is 201. The second kappa shape index (κ2) is 4.10. The van der Waals surface area contributed by atoms with Crippen LogP contribution in [0.25, 0.3) is 0 Å². The van der Waals surface area contributed by atoms with Gasteiger partial charge in [-0.3, -0.25) is 4.79 Å². The Hall–Kier alpha value is -1.04. The molecule has 0 spiro atoms. The highest BCUT2D eigenvalue weighted by molar-refractivity contribution is 5.78. The molecule has 1 rings (SSSR count). The zero-order valence-corrected chi connectivity index (χ0v) is 7.34. The van der Waals surface area contributed by atoms with E-state index >= 15 is 0 Å². The third-order valence-electron chi connectivity index (χ3n) is 2.42. The number of hydrogen-bond donors (Lipinski definition) is 1. The Balaban J connectivity index is 2.11. The topological polar surface area (TPSA) is 52.9 Å². The van der Waals surface area contributed by atoms with Gasteiger partial charge in [-0.2, -0.15) is 5.26 Å². The van der Waals surface area contributed by atoms with E-state index in [1.165, 1.54) is 6.42 Å². The molecule has 1 aliphatic rings. The van der Waals surface area contributed by atoms with Gasteiger partial charge in [0.15, 0.2) is 0 Å². The van der Waals surface area contributed by atoms with Crippen LogP contribution in [-0.2, 0) is 4.79 Å². The minimum absolute atomic E-state index is 0.00666. The molecule has 0 heterocycles. The first kappa shape index (κ1) is 9.05. The Morgan fingerprint density at radius 2 is 2.33 bits per heavy atom. The lowest BCUT2D eigenvalue weighted by molar-refractivity contribution is -0.121. The highest BCUT2D eigenvalue weighted by Crippen LogP contribution is 2.29. The van der Waals surface area contributed by atoms with Gasteiger partial charge in [0.1, 0.15) is 6.42 Å². The third-order valence-corrected chi connectivity index (χ3v) is 2.42. The number of nitrogens with zero attached hydrogens (tertiary/aromatic N) is 1. The molecule has 3 nitrogen and oxygen atoms in total. The van der Waals surface area contributed by atoms with Crippen LogP contribution in [0.1, 0.15) is 32.6 Å². The van der Waals surface area contributed by atoms with E-state index in [4.69, 9.17) is 5.26 Å². The molecule has 0 radical (unpaired) electrons. The second-order valence-corrected chi connectivity index (χ2v) is 3.35. The minimum Gasteiger partial charge on any atom is -0.352 e. The van der Waals surface area contributed by atoms with Crippen molar-refractivity contribution in [1.29, 1.82) is 5.26 Å². The molecule has 66 valence electrons. The van der Waals surface area contributed by atoms with Crippen molar-refractivity contribution in [2.75, 3.05) is 0 Å². The highest BCUT2D eigenvalue weighted by Gasteiger charge is 2.28. The molecule has 1 saturated carbocycles. The van der Waals surface area contributed by atoms with E-state index < -0.39 is 0 Å². The number of carbonyl (C=O) groups excluding carboxylic acids is 1. The fourth-order valence-electron chi connectivity index (χ4n) is 1.54. The van der Waals surface area contributed by atoms with Crippen LogP contribution in [0.2, 0.25) is 0 Å². The second-order valence-electron chi connectivity index (χ2n) is 3.35. The number of carbonyl (C=O) groups is 1. The van der Waals surface area contributed by atoms with E-state index in [2.05, 4.69) is 12.2 Å². The van der Waals surface area contributed by atoms with Gasteiger partial charge in [0.05, 0.1) is 6.07 Å². The third kappa shape index (κ3) is 2.23. The molecular weight excluding hydrogens is 152 g/mol. The fourth-order valence-corrected chi connectivity index (χ4v) is 1.54. The SMILES string of the molecule is CC[C@H]1C[C@H](NC(=O)CC#N)C1. The van der Waals surface area contributed by atoms with Crippen LogP contribution in [0.15, 0.2) is 0 Å². The van der Waals surface area contributed by atoms with Crippen LogP contribution in [-0.4, -0.2) is 11.9 Å². The van der Waals surface area contributed by atoms with E-state index in [-0.39, 0.29) is 12.3 Å². The minimum atomic E-state index is -0.128. The predicted octanol–water partition coefficient (Wildman–Crippen LogP) is 1.20. The van der Waals surface area contributed by atoms with Gasteiger partial charge in [-0.15, -0.1) is 0 Å². The Kier molecular flexibility index (Phi) is 3.09. The summed E-state index contributed by atoms with van der Waals surface area (Å²) in [5.41, 5.74) is 0. The molecule has 1 N–H and O–H groups in total. The summed E-state index contributed by atoms with van der Waals surface area (Å²) in [7, 11) is 0. The quantitative estimate of drug-likeness (QED) is 0.685. The van der Waals surface area contributed by atoms with Gasteiger partial charge in [-0.25, -0.2) is 0 Å². The summed E-state index contributed by atoms with van der Waals surface area (Å²) in [6, 6.07) is 2.18. The summed E-state index contributed by atoms with van der Waals surface area (Å²) in [6.45, 7) is 2.16. The van der Waals surface area contributed by atoms with Crippen LogP contribution in [0.3, 0.4) is 0 Å². The van der Waals surface area contributed by atoms with E-state index in [0.717, 1.165) is 18.8 Å². The van der Waals surface area contributed by atoms with Crippen LogP contribution in [0.4, 0.5) is 0 Å². The molecule has 1 aliphatic carbocycles. The van der Waals surface area contributed by atoms with E-state index in [1.54, 1.807) is 0 Å². The Labute approximate surface area is 72.8 Å². The smallest absolute Gasteiger partial charge is 0.234 e. The molecule has 0 aromatic carbocycles. The van der Waals surface area contributed by atoms with Gasteiger partial charge in [-0.05, 0) is 18.8 Å². The Morgan fingerprint density at radius 1 is 1.67 bits per heavy atom. The lowest BCUT2D eigenvalue weighted by atomic mass is 9.78. The summed E-state index contributed by atoms with van der Waals surface area (Å²) in [5.74, 6) is 0.662. The maximum absolute atomic E-state index is 10.9. The van der Waals surface area contributed by atoms with Crippen molar-refractivity contribution in [1.82, 2.24) is 5.32 Å². The number of amides is 1. The molecule has 12 heavy (non-hydrogen) atoms. The zero-order valence-electron chi connectivity index (χ0n) is 7.34. The molecule has 0 unspecified atom stereocenters. The van der Waals surface area contributed by atoms with Crippen molar-refractivity contribution in [3.8, 4) is 6.07 Å². The maximum Gasteiger partial charge on any atom is 0.234 e. The molecule has 0 aromatic rings. The van der Waals surface area contributed by atoms with Crippen molar-refractivity contribution in [3.05, 3.63) is 0 Å². The van der Waals surface area contributed by atoms with Crippen molar-refractivity contribution in [3.63, 3.8) is 0 Å². The Morgan fingerprint density at radius 3 is 2.83 bits per heavy atom. The standard InChI is InChI=1S/C9H14N2O/c1-2-7-5-8(6-7)11-9(12)3-4-10/h7-8H,2-3,5-6H2,1H3,(H,11,12)/t7-,8-. The van der Waals surface area contributed by atoms with Gasteiger partial charge in [0.25, 0.3) is 0 Å². The first-order valence-corrected chi connectivity index (χ1v) is 4.42. The average Bonchev–Trinajstić information content (AvgIpc) is 1.96. The lowest BCUT2D eigenvalue weighted by Crippen LogP contribution is -2.43. The van der Waals surface area contributed by atoms with Gasteiger partial charge >= 0.3 is 0 Å². The molecule has 3 heteroatoms. The van der Waals surface area contributed by atoms with Crippen molar-refractivity contribution in [2.45, 2.75) is 38.6 Å². The molecular formula is C9H14N2O. The molecule has 0 atom stereocenters. The largest absolute Gasteiger partial charge is 0.352 e. The number of nitrogens with one attached hydrogen (secondary N) is 1. The van der Waals surface area contributed by atoms with Crippen molar-refractivity contribution < 1.29 is 4.79 Å². The summed E-state index contributed by atoms with van der Waals surface area (Å²) < 4.78 is 0. The van der Waals surface area contributed by atoms with Crippen LogP contribution in [0.5, 0.6) is 0 Å². The fraction of sp³-hybridized carbons (Fsp3) is 0.778. The predicted molar refractivity (Wildman–Crippen MR) is 45.2 cm³/mol. The van der Waals surface area contributed by atoms with Gasteiger partial charge in [0, 0.05) is 6.04 Å². The maximum atomic E-state index is 10.9. The molecule has 1 amide bonds. The number of hydrogen-bond acceptors (Lipinski definition) is 2. The molecule has 0 bridgehead atoms. The number of rotatable bonds is 3. The van der Waals surface area contributed by atoms with Gasteiger partial charge in [0.2, 0.25) is 5.91 Å².